The van der Waals surface area contributed by atoms with Crippen LogP contribution in [0.25, 0.3) is 5.69 Å². The van der Waals surface area contributed by atoms with Gasteiger partial charge in [0.2, 0.25) is 5.91 Å². The van der Waals surface area contributed by atoms with E-state index in [-0.39, 0.29) is 30.8 Å². The van der Waals surface area contributed by atoms with E-state index in [4.69, 9.17) is 0 Å². The molecule has 1 fully saturated rings. The van der Waals surface area contributed by atoms with Gasteiger partial charge in [-0.1, -0.05) is 32.9 Å². The number of β-amino-alcohol motifs (C(OH)–C–C–N with tert-alkyl or cyclic N) is 1. The number of hydrogen-bond acceptors (Lipinski definition) is 6. The molecule has 32 heavy (non-hydrogen) atoms. The van der Waals surface area contributed by atoms with Gasteiger partial charge in [0.25, 0.3) is 0 Å². The van der Waals surface area contributed by atoms with E-state index in [0.717, 1.165) is 23.4 Å². The molecule has 3 rings (SSSR count). The first-order valence-electron chi connectivity index (χ1n) is 11.0. The average Bonchev–Trinajstić information content (AvgIpc) is 3.31. The van der Waals surface area contributed by atoms with E-state index in [2.05, 4.69) is 15.6 Å². The number of amides is 1. The molecule has 8 nitrogen and oxygen atoms in total. The number of aliphatic hydroxyl groups excluding tert-OH is 1. The molecule has 174 valence electrons. The summed E-state index contributed by atoms with van der Waals surface area (Å²) in [5.41, 5.74) is 0.706. The van der Waals surface area contributed by atoms with Crippen molar-refractivity contribution in [1.29, 1.82) is 0 Å². The Morgan fingerprint density at radius 1 is 1.34 bits per heavy atom. The van der Waals surface area contributed by atoms with Crippen LogP contribution in [0.2, 0.25) is 0 Å². The van der Waals surface area contributed by atoms with Crippen molar-refractivity contribution < 1.29 is 14.7 Å². The van der Waals surface area contributed by atoms with Gasteiger partial charge in [0.05, 0.1) is 12.1 Å². The van der Waals surface area contributed by atoms with Crippen LogP contribution in [0, 0.1) is 12.3 Å². The van der Waals surface area contributed by atoms with Crippen molar-refractivity contribution in [3.63, 3.8) is 0 Å². The number of rotatable bonds is 8. The van der Waals surface area contributed by atoms with Crippen LogP contribution in [-0.2, 0) is 16.1 Å². The van der Waals surface area contributed by atoms with Gasteiger partial charge in [0.15, 0.2) is 0 Å². The number of benzene rings is 1. The summed E-state index contributed by atoms with van der Waals surface area (Å²) >= 11 is 0. The van der Waals surface area contributed by atoms with Crippen molar-refractivity contribution in [2.45, 2.75) is 58.3 Å². The Kier molecular flexibility index (Phi) is 7.17. The summed E-state index contributed by atoms with van der Waals surface area (Å²) in [6.45, 7) is 8.88. The maximum Gasteiger partial charge on any atom is 0.241 e. The Morgan fingerprint density at radius 3 is 2.56 bits per heavy atom. The largest absolute Gasteiger partial charge is 0.391 e. The molecular formula is C24H35N5O3. The summed E-state index contributed by atoms with van der Waals surface area (Å²) in [6.07, 6.45) is 4.01. The molecule has 0 radical (unpaired) electrons. The Labute approximate surface area is 190 Å². The third-order valence-corrected chi connectivity index (χ3v) is 6.21. The van der Waals surface area contributed by atoms with E-state index in [1.54, 1.807) is 18.1 Å². The molecule has 1 aliphatic heterocycles. The molecule has 0 aliphatic carbocycles. The lowest BCUT2D eigenvalue weighted by Crippen LogP contribution is -2.60. The normalized spacial score (nSPS) is 22.2. The number of carbonyl (C=O) groups is 2. The predicted molar refractivity (Wildman–Crippen MR) is 123 cm³/mol. The minimum Gasteiger partial charge on any atom is -0.391 e. The monoisotopic (exact) mass is 441 g/mol. The molecule has 0 saturated carbocycles. The Morgan fingerprint density at radius 2 is 2.03 bits per heavy atom. The van der Waals surface area contributed by atoms with E-state index < -0.39 is 17.7 Å². The fourth-order valence-corrected chi connectivity index (χ4v) is 4.54. The quantitative estimate of drug-likeness (QED) is 0.536. The maximum atomic E-state index is 13.3. The van der Waals surface area contributed by atoms with Gasteiger partial charge < -0.3 is 30.0 Å². The van der Waals surface area contributed by atoms with Crippen molar-refractivity contribution in [2.75, 3.05) is 20.1 Å². The average molecular weight is 442 g/mol. The summed E-state index contributed by atoms with van der Waals surface area (Å²) in [5, 5.41) is 16.7. The zero-order valence-corrected chi connectivity index (χ0v) is 19.6. The molecule has 1 unspecified atom stereocenters. The second-order valence-electron chi connectivity index (χ2n) is 9.73. The van der Waals surface area contributed by atoms with Crippen LogP contribution in [-0.4, -0.2) is 69.6 Å². The van der Waals surface area contributed by atoms with E-state index in [9.17, 15) is 14.7 Å². The minimum absolute atomic E-state index is 0.159. The lowest BCUT2D eigenvalue weighted by Gasteiger charge is -2.39. The standard InChI is InChI=1S/C24H35N5O3/c1-17-27-10-11-28(17)19-8-6-18(7-9-19)13-26-15-24(16-30)12-20(31)14-29(24)22(32)21(25-5)23(2,3)4/h6-11,16,20-21,25-26,31H,12-15H2,1-5H3/t20-,21?,24-/m1/s1. The number of nitrogens with zero attached hydrogens (tertiary/aromatic N) is 3. The van der Waals surface area contributed by atoms with E-state index in [1.165, 1.54) is 0 Å². The number of imidazole rings is 1. The summed E-state index contributed by atoms with van der Waals surface area (Å²) < 4.78 is 2.01. The van der Waals surface area contributed by atoms with Crippen molar-refractivity contribution in [3.05, 3.63) is 48.0 Å². The molecule has 0 spiro atoms. The number of carbonyl (C=O) groups excluding carboxylic acids is 2. The van der Waals surface area contributed by atoms with Gasteiger partial charge in [-0.3, -0.25) is 4.79 Å². The molecule has 8 heteroatoms. The highest BCUT2D eigenvalue weighted by Crippen LogP contribution is 2.31. The predicted octanol–water partition coefficient (Wildman–Crippen LogP) is 1.44. The van der Waals surface area contributed by atoms with E-state index in [1.807, 2.05) is 62.7 Å². The smallest absolute Gasteiger partial charge is 0.241 e. The van der Waals surface area contributed by atoms with E-state index >= 15 is 0 Å². The highest BCUT2D eigenvalue weighted by atomic mass is 16.3. The van der Waals surface area contributed by atoms with Gasteiger partial charge in [-0.2, -0.15) is 0 Å². The minimum atomic E-state index is -1.06. The number of aldehydes is 1. The fraction of sp³-hybridized carbons (Fsp3) is 0.542. The van der Waals surface area contributed by atoms with Gasteiger partial charge in [-0.05, 0) is 37.1 Å². The molecule has 1 aliphatic rings. The van der Waals surface area contributed by atoms with Gasteiger partial charge >= 0.3 is 0 Å². The molecule has 2 heterocycles. The van der Waals surface area contributed by atoms with Gasteiger partial charge in [0.1, 0.15) is 17.6 Å². The van der Waals surface area contributed by atoms with Crippen molar-refractivity contribution in [2.24, 2.45) is 5.41 Å². The molecule has 0 bridgehead atoms. The van der Waals surface area contributed by atoms with Crippen LogP contribution in [0.1, 0.15) is 38.6 Å². The third kappa shape index (κ3) is 4.92. The highest BCUT2D eigenvalue weighted by Gasteiger charge is 2.50. The molecule has 1 aromatic heterocycles. The van der Waals surface area contributed by atoms with Crippen LogP contribution in [0.3, 0.4) is 0 Å². The third-order valence-electron chi connectivity index (χ3n) is 6.21. The first kappa shape index (κ1) is 24.1. The van der Waals surface area contributed by atoms with Crippen LogP contribution in [0.15, 0.2) is 36.7 Å². The first-order valence-corrected chi connectivity index (χ1v) is 11.0. The molecule has 2 aromatic rings. The second-order valence-corrected chi connectivity index (χ2v) is 9.73. The molecule has 1 aromatic carbocycles. The summed E-state index contributed by atoms with van der Waals surface area (Å²) in [7, 11) is 1.75. The van der Waals surface area contributed by atoms with Crippen LogP contribution in [0.5, 0.6) is 0 Å². The van der Waals surface area contributed by atoms with Crippen molar-refractivity contribution in [1.82, 2.24) is 25.1 Å². The molecular weight excluding hydrogens is 406 g/mol. The Balaban J connectivity index is 1.69. The van der Waals surface area contributed by atoms with Gasteiger partial charge in [0, 0.05) is 44.1 Å². The molecule has 3 atom stereocenters. The number of aryl methyl sites for hydroxylation is 1. The fourth-order valence-electron chi connectivity index (χ4n) is 4.54. The van der Waals surface area contributed by atoms with Gasteiger partial charge in [-0.15, -0.1) is 0 Å². The van der Waals surface area contributed by atoms with Crippen molar-refractivity contribution in [3.8, 4) is 5.69 Å². The SMILES string of the molecule is CNC(C(=O)N1C[C@H](O)C[C@]1(C=O)CNCc1ccc(-n2ccnc2C)cc1)C(C)(C)C. The zero-order chi connectivity index (χ0) is 23.5. The Hall–Kier alpha value is -2.55. The first-order chi connectivity index (χ1) is 15.1. The molecule has 3 N–H and O–H groups in total. The number of nitrogens with one attached hydrogen (secondary N) is 2. The lowest BCUT2D eigenvalue weighted by molar-refractivity contribution is -0.143. The van der Waals surface area contributed by atoms with Crippen LogP contribution < -0.4 is 10.6 Å². The van der Waals surface area contributed by atoms with Gasteiger partial charge in [-0.25, -0.2) is 4.98 Å². The number of aliphatic hydroxyl groups is 1. The maximum absolute atomic E-state index is 13.3. The number of aromatic nitrogens is 2. The van der Waals surface area contributed by atoms with E-state index in [0.29, 0.717) is 6.54 Å². The number of likely N-dealkylation sites (tertiary alicyclic amines) is 1. The number of likely N-dealkylation sites (N-methyl/N-ethyl adjacent to an activating group) is 1. The lowest BCUT2D eigenvalue weighted by atomic mass is 9.85. The Bertz CT molecular complexity index is 934. The zero-order valence-electron chi connectivity index (χ0n) is 19.6. The second kappa shape index (κ2) is 9.52. The van der Waals surface area contributed by atoms with Crippen molar-refractivity contribution >= 4 is 12.2 Å². The molecule has 1 saturated heterocycles. The highest BCUT2D eigenvalue weighted by molar-refractivity contribution is 5.87. The van der Waals surface area contributed by atoms with Crippen LogP contribution in [0.4, 0.5) is 0 Å². The molecule has 1 amide bonds. The topological polar surface area (TPSA) is 99.5 Å². The van der Waals surface area contributed by atoms with Crippen LogP contribution >= 0.6 is 0 Å². The summed E-state index contributed by atoms with van der Waals surface area (Å²) in [5.74, 6) is 0.758. The summed E-state index contributed by atoms with van der Waals surface area (Å²) in [4.78, 5) is 31.3. The number of hydrogen-bond donors (Lipinski definition) is 3. The summed E-state index contributed by atoms with van der Waals surface area (Å²) in [6, 6.07) is 7.65.